The van der Waals surface area contributed by atoms with Crippen LogP contribution in [0.3, 0.4) is 0 Å². The van der Waals surface area contributed by atoms with E-state index in [9.17, 15) is 9.18 Å². The van der Waals surface area contributed by atoms with Crippen molar-refractivity contribution in [3.63, 3.8) is 0 Å². The van der Waals surface area contributed by atoms with Crippen molar-refractivity contribution in [1.82, 2.24) is 15.1 Å². The lowest BCUT2D eigenvalue weighted by molar-refractivity contribution is 0.127. The van der Waals surface area contributed by atoms with E-state index in [0.29, 0.717) is 18.4 Å². The second-order valence-electron chi connectivity index (χ2n) is 8.14. The Kier molecular flexibility index (Phi) is 5.48. The summed E-state index contributed by atoms with van der Waals surface area (Å²) in [5, 5.41) is 2.72. The van der Waals surface area contributed by atoms with Crippen LogP contribution in [0.1, 0.15) is 47.4 Å². The molecule has 0 aromatic heterocycles. The van der Waals surface area contributed by atoms with Gasteiger partial charge in [-0.2, -0.15) is 0 Å². The van der Waals surface area contributed by atoms with Crippen LogP contribution < -0.4 is 10.1 Å². The van der Waals surface area contributed by atoms with Gasteiger partial charge >= 0.3 is 6.03 Å². The average Bonchev–Trinajstić information content (AvgIpc) is 2.86. The van der Waals surface area contributed by atoms with Crippen LogP contribution in [0.4, 0.5) is 9.18 Å². The van der Waals surface area contributed by atoms with Crippen molar-refractivity contribution in [3.8, 4) is 5.75 Å². The molecule has 1 saturated heterocycles. The molecule has 0 unspecified atom stereocenters. The van der Waals surface area contributed by atoms with E-state index in [-0.39, 0.29) is 80.2 Å². The molecule has 31 heavy (non-hydrogen) atoms. The van der Waals surface area contributed by atoms with Crippen molar-refractivity contribution in [2.24, 2.45) is 5.92 Å². The Morgan fingerprint density at radius 1 is 1.23 bits per heavy atom. The van der Waals surface area contributed by atoms with Crippen LogP contribution in [0, 0.1) is 11.7 Å². The molecule has 0 spiro atoms. The SMILES string of the molecule is [2H]c1c([2H])c(OCC(C)C)c([2H])c([2H])c1CNC(=O)N(Cc1ccc(F)cc1)C1CCN(C([2H])([2H])[2H])CC1. The first-order valence-electron chi connectivity index (χ1n) is 14.1. The number of piperidine rings is 1. The Morgan fingerprint density at radius 2 is 1.90 bits per heavy atom. The molecule has 0 saturated carbocycles. The third-order valence-corrected chi connectivity index (χ3v) is 5.06. The van der Waals surface area contributed by atoms with Gasteiger partial charge in [-0.3, -0.25) is 0 Å². The van der Waals surface area contributed by atoms with E-state index in [0.717, 1.165) is 0 Å². The lowest BCUT2D eigenvalue weighted by Gasteiger charge is -2.37. The molecule has 2 aromatic rings. The van der Waals surface area contributed by atoms with Crippen LogP contribution in [0.5, 0.6) is 5.75 Å². The molecular weight excluding hydrogens is 393 g/mol. The number of halogens is 1. The topological polar surface area (TPSA) is 44.8 Å². The van der Waals surface area contributed by atoms with Crippen LogP contribution in [-0.4, -0.2) is 48.5 Å². The summed E-state index contributed by atoms with van der Waals surface area (Å²) in [5.74, 6) is -0.391. The number of urea groups is 1. The number of amides is 2. The van der Waals surface area contributed by atoms with Gasteiger partial charge in [0, 0.05) is 23.2 Å². The summed E-state index contributed by atoms with van der Waals surface area (Å²) in [6.45, 7) is 2.32. The van der Waals surface area contributed by atoms with Crippen molar-refractivity contribution in [2.75, 3.05) is 26.7 Å². The van der Waals surface area contributed by atoms with E-state index in [4.69, 9.17) is 14.3 Å². The third kappa shape index (κ3) is 7.24. The van der Waals surface area contributed by atoms with Crippen molar-refractivity contribution in [3.05, 3.63) is 65.4 Å². The van der Waals surface area contributed by atoms with Crippen LogP contribution in [0.2, 0.25) is 0 Å². The molecule has 6 heteroatoms. The second-order valence-corrected chi connectivity index (χ2v) is 8.14. The van der Waals surface area contributed by atoms with Crippen molar-refractivity contribution < 1.29 is 23.5 Å². The summed E-state index contributed by atoms with van der Waals surface area (Å²) in [6, 6.07) is 3.77. The number of nitrogens with zero attached hydrogens (tertiary/aromatic N) is 2. The lowest BCUT2D eigenvalue weighted by atomic mass is 10.0. The molecule has 0 bridgehead atoms. The lowest BCUT2D eigenvalue weighted by Crippen LogP contribution is -2.49. The minimum absolute atomic E-state index is 0.0317. The summed E-state index contributed by atoms with van der Waals surface area (Å²) < 4.78 is 75.1. The monoisotopic (exact) mass is 434 g/mol. The van der Waals surface area contributed by atoms with Crippen LogP contribution in [0.15, 0.2) is 48.4 Å². The minimum Gasteiger partial charge on any atom is -0.493 e. The molecule has 3 rings (SSSR count). The van der Waals surface area contributed by atoms with Gasteiger partial charge in [-0.25, -0.2) is 9.18 Å². The van der Waals surface area contributed by atoms with Gasteiger partial charge in [-0.1, -0.05) is 38.1 Å². The molecule has 0 radical (unpaired) electrons. The maximum Gasteiger partial charge on any atom is 0.318 e. The third-order valence-electron chi connectivity index (χ3n) is 5.06. The molecular formula is C25H34FN3O2. The van der Waals surface area contributed by atoms with E-state index in [1.807, 2.05) is 13.8 Å². The van der Waals surface area contributed by atoms with Gasteiger partial charge in [0.05, 0.1) is 12.1 Å². The molecule has 1 N–H and O–H groups in total. The smallest absolute Gasteiger partial charge is 0.318 e. The number of likely N-dealkylation sites (tertiary alicyclic amines) is 1. The normalized spacial score (nSPS) is 18.8. The van der Waals surface area contributed by atoms with Crippen molar-refractivity contribution in [1.29, 1.82) is 0 Å². The molecule has 0 atom stereocenters. The molecule has 168 valence electrons. The molecule has 0 aliphatic carbocycles. The first kappa shape index (κ1) is 15.2. The maximum absolute atomic E-state index is 13.4. The van der Waals surface area contributed by atoms with Crippen LogP contribution in [-0.2, 0) is 13.1 Å². The van der Waals surface area contributed by atoms with Crippen molar-refractivity contribution in [2.45, 2.75) is 45.8 Å². The van der Waals surface area contributed by atoms with E-state index in [2.05, 4.69) is 5.32 Å². The summed E-state index contributed by atoms with van der Waals surface area (Å²) in [5.41, 5.74) is 0.722. The largest absolute Gasteiger partial charge is 0.493 e. The van der Waals surface area contributed by atoms with Gasteiger partial charge in [0.25, 0.3) is 0 Å². The van der Waals surface area contributed by atoms with Gasteiger partial charge in [0.15, 0.2) is 0 Å². The highest BCUT2D eigenvalue weighted by Crippen LogP contribution is 2.19. The second kappa shape index (κ2) is 11.1. The fourth-order valence-electron chi connectivity index (χ4n) is 3.33. The Balaban J connectivity index is 1.79. The number of ether oxygens (including phenoxy) is 1. The molecule has 1 aliphatic heterocycles. The highest BCUT2D eigenvalue weighted by atomic mass is 19.1. The first-order valence-corrected chi connectivity index (χ1v) is 10.6. The van der Waals surface area contributed by atoms with Gasteiger partial charge in [-0.05, 0) is 74.2 Å². The van der Waals surface area contributed by atoms with E-state index in [1.54, 1.807) is 17.0 Å². The van der Waals surface area contributed by atoms with Gasteiger partial charge in [0.2, 0.25) is 0 Å². The molecule has 2 aromatic carbocycles. The zero-order chi connectivity index (χ0) is 28.2. The Morgan fingerprint density at radius 3 is 2.52 bits per heavy atom. The Bertz CT molecular complexity index is 1090. The van der Waals surface area contributed by atoms with Crippen LogP contribution >= 0.6 is 0 Å². The van der Waals surface area contributed by atoms with Gasteiger partial charge in [-0.15, -0.1) is 0 Å². The summed E-state index contributed by atoms with van der Waals surface area (Å²) in [6.07, 6.45) is 0.853. The summed E-state index contributed by atoms with van der Waals surface area (Å²) in [7, 11) is 0. The highest BCUT2D eigenvalue weighted by molar-refractivity contribution is 5.74. The molecule has 2 amide bonds. The standard InChI is InChI=1S/C25H34FN3O2/c1-19(2)18-31-24-10-6-20(7-11-24)16-27-25(30)29(23-12-14-28(3)15-13-23)17-21-4-8-22(26)9-5-21/h4-11,19,23H,12-18H2,1-3H3,(H,27,30)/i3D3,6D,7D,10D,11D. The Labute approximate surface area is 195 Å². The van der Waals surface area contributed by atoms with Gasteiger partial charge < -0.3 is 19.9 Å². The highest BCUT2D eigenvalue weighted by Gasteiger charge is 2.27. The number of hydrogen-bond donors (Lipinski definition) is 1. The molecule has 5 nitrogen and oxygen atoms in total. The maximum atomic E-state index is 13.4. The molecule has 1 aliphatic rings. The number of rotatable bonds is 8. The minimum atomic E-state index is -2.21. The quantitative estimate of drug-likeness (QED) is 0.657. The zero-order valence-corrected chi connectivity index (χ0v) is 18.0. The van der Waals surface area contributed by atoms with Crippen molar-refractivity contribution >= 4 is 6.03 Å². The number of carbonyl (C=O) groups excluding carboxylic acids is 1. The summed E-state index contributed by atoms with van der Waals surface area (Å²) >= 11 is 0. The number of carbonyl (C=O) groups is 1. The van der Waals surface area contributed by atoms with E-state index >= 15 is 0 Å². The average molecular weight is 435 g/mol. The fraction of sp³-hybridized carbons (Fsp3) is 0.480. The van der Waals surface area contributed by atoms with Gasteiger partial charge in [0.1, 0.15) is 11.6 Å². The fourth-order valence-corrected chi connectivity index (χ4v) is 3.33. The van der Waals surface area contributed by atoms with Crippen LogP contribution in [0.25, 0.3) is 0 Å². The molecule has 1 heterocycles. The predicted molar refractivity (Wildman–Crippen MR) is 121 cm³/mol. The van der Waals surface area contributed by atoms with E-state index in [1.165, 1.54) is 17.0 Å². The molecule has 1 fully saturated rings. The van der Waals surface area contributed by atoms with E-state index < -0.39 is 18.8 Å². The number of hydrogen-bond acceptors (Lipinski definition) is 3. The number of benzene rings is 2. The predicted octanol–water partition coefficient (Wildman–Crippen LogP) is 4.67. The summed E-state index contributed by atoms with van der Waals surface area (Å²) in [4.78, 5) is 16.3. The Hall–Kier alpha value is -2.60. The number of nitrogens with one attached hydrogen (secondary N) is 1. The first-order chi connectivity index (χ1) is 17.8. The zero-order valence-electron chi connectivity index (χ0n) is 25.0.